The minimum absolute atomic E-state index is 0.270. The first-order valence-electron chi connectivity index (χ1n) is 6.20. The fraction of sp³-hybridized carbons (Fsp3) is 0.125. The van der Waals surface area contributed by atoms with Gasteiger partial charge in [-0.05, 0) is 40.4 Å². The summed E-state index contributed by atoms with van der Waals surface area (Å²) in [6, 6.07) is 12.1. The van der Waals surface area contributed by atoms with Gasteiger partial charge in [0.1, 0.15) is 0 Å². The molecule has 3 aromatic rings. The second-order valence-corrected chi connectivity index (χ2v) is 6.01. The molecule has 102 valence electrons. The van der Waals surface area contributed by atoms with Gasteiger partial charge in [0.25, 0.3) is 0 Å². The Balaban J connectivity index is 1.93. The maximum atomic E-state index is 13.7. The highest BCUT2D eigenvalue weighted by atomic mass is 35.5. The van der Waals surface area contributed by atoms with E-state index in [4.69, 9.17) is 11.6 Å². The molecule has 1 heterocycles. The van der Waals surface area contributed by atoms with Gasteiger partial charge in [0, 0.05) is 4.70 Å². The Hall–Kier alpha value is -1.45. The largest absolute Gasteiger partial charge is 0.204 e. The van der Waals surface area contributed by atoms with Crippen LogP contribution < -0.4 is 0 Å². The zero-order valence-corrected chi connectivity index (χ0v) is 12.0. The average Bonchev–Trinajstić information content (AvgIpc) is 2.88. The lowest BCUT2D eigenvalue weighted by Crippen LogP contribution is -1.99. The van der Waals surface area contributed by atoms with Gasteiger partial charge in [0.15, 0.2) is 11.6 Å². The van der Waals surface area contributed by atoms with Gasteiger partial charge in [-0.15, -0.1) is 22.9 Å². The van der Waals surface area contributed by atoms with Crippen molar-refractivity contribution in [2.45, 2.75) is 11.8 Å². The van der Waals surface area contributed by atoms with Crippen LogP contribution in [0.25, 0.3) is 10.1 Å². The molecule has 0 bridgehead atoms. The highest BCUT2D eigenvalue weighted by Gasteiger charge is 2.17. The van der Waals surface area contributed by atoms with Gasteiger partial charge in [-0.3, -0.25) is 0 Å². The van der Waals surface area contributed by atoms with E-state index >= 15 is 0 Å². The van der Waals surface area contributed by atoms with E-state index in [9.17, 15) is 8.78 Å². The summed E-state index contributed by atoms with van der Waals surface area (Å²) in [7, 11) is 0. The number of halogens is 3. The number of hydrogen-bond acceptors (Lipinski definition) is 1. The summed E-state index contributed by atoms with van der Waals surface area (Å²) in [6.45, 7) is 0. The van der Waals surface area contributed by atoms with Crippen LogP contribution in [0.4, 0.5) is 8.78 Å². The third-order valence-corrected chi connectivity index (χ3v) is 4.65. The predicted molar refractivity (Wildman–Crippen MR) is 80.5 cm³/mol. The fourth-order valence-electron chi connectivity index (χ4n) is 2.25. The Bertz CT molecular complexity index is 751. The van der Waals surface area contributed by atoms with Crippen LogP contribution in [0.2, 0.25) is 0 Å². The molecule has 0 spiro atoms. The van der Waals surface area contributed by atoms with Gasteiger partial charge < -0.3 is 0 Å². The Kier molecular flexibility index (Phi) is 3.72. The molecule has 0 saturated carbocycles. The van der Waals surface area contributed by atoms with Crippen molar-refractivity contribution in [1.29, 1.82) is 0 Å². The number of thiophene rings is 1. The summed E-state index contributed by atoms with van der Waals surface area (Å²) in [6.07, 6.45) is 0.270. The molecule has 0 aliphatic rings. The summed E-state index contributed by atoms with van der Waals surface area (Å²) < 4.78 is 28.0. The van der Waals surface area contributed by atoms with Crippen molar-refractivity contribution in [3.63, 3.8) is 0 Å². The van der Waals surface area contributed by atoms with Crippen molar-refractivity contribution >= 4 is 33.0 Å². The highest BCUT2D eigenvalue weighted by Crippen LogP contribution is 2.35. The standard InChI is InChI=1S/C16H11ClF2S/c17-13(8-10-4-3-6-14(18)16(10)19)12-9-20-15-7-2-1-5-11(12)15/h1-7,9,13H,8H2. The molecule has 0 nitrogen and oxygen atoms in total. The van der Waals surface area contributed by atoms with Crippen molar-refractivity contribution in [2.75, 3.05) is 0 Å². The van der Waals surface area contributed by atoms with E-state index < -0.39 is 11.6 Å². The van der Waals surface area contributed by atoms with Crippen molar-refractivity contribution < 1.29 is 8.78 Å². The molecular weight excluding hydrogens is 298 g/mol. The van der Waals surface area contributed by atoms with Crippen LogP contribution >= 0.6 is 22.9 Å². The van der Waals surface area contributed by atoms with E-state index in [0.29, 0.717) is 5.56 Å². The van der Waals surface area contributed by atoms with E-state index in [1.165, 1.54) is 6.07 Å². The van der Waals surface area contributed by atoms with Crippen molar-refractivity contribution in [2.24, 2.45) is 0 Å². The van der Waals surface area contributed by atoms with Crippen LogP contribution in [0.15, 0.2) is 47.8 Å². The second kappa shape index (κ2) is 5.51. The highest BCUT2D eigenvalue weighted by molar-refractivity contribution is 7.17. The summed E-state index contributed by atoms with van der Waals surface area (Å²) in [5, 5.41) is 2.69. The van der Waals surface area contributed by atoms with E-state index in [1.807, 2.05) is 29.6 Å². The van der Waals surface area contributed by atoms with Gasteiger partial charge in [-0.25, -0.2) is 8.78 Å². The average molecular weight is 309 g/mol. The summed E-state index contributed by atoms with van der Waals surface area (Å²) in [5.41, 5.74) is 1.27. The van der Waals surface area contributed by atoms with Gasteiger partial charge in [0.2, 0.25) is 0 Å². The van der Waals surface area contributed by atoms with Crippen LogP contribution in [0.1, 0.15) is 16.5 Å². The molecule has 1 aromatic heterocycles. The lowest BCUT2D eigenvalue weighted by atomic mass is 10.0. The number of alkyl halides is 1. The molecule has 2 aromatic carbocycles. The monoisotopic (exact) mass is 308 g/mol. The van der Waals surface area contributed by atoms with E-state index in [-0.39, 0.29) is 11.8 Å². The molecule has 0 aliphatic carbocycles. The van der Waals surface area contributed by atoms with Crippen LogP contribution in [0.3, 0.4) is 0 Å². The molecule has 0 fully saturated rings. The molecule has 0 amide bonds. The van der Waals surface area contributed by atoms with Gasteiger partial charge in [-0.2, -0.15) is 0 Å². The molecule has 4 heteroatoms. The Morgan fingerprint density at radius 2 is 1.85 bits per heavy atom. The normalized spacial score (nSPS) is 12.8. The van der Waals surface area contributed by atoms with E-state index in [0.717, 1.165) is 21.7 Å². The first-order valence-corrected chi connectivity index (χ1v) is 7.51. The lowest BCUT2D eigenvalue weighted by Gasteiger charge is -2.10. The molecule has 0 N–H and O–H groups in total. The molecule has 1 atom stereocenters. The molecule has 20 heavy (non-hydrogen) atoms. The first kappa shape index (κ1) is 13.5. The van der Waals surface area contributed by atoms with Gasteiger partial charge in [-0.1, -0.05) is 30.3 Å². The second-order valence-electron chi connectivity index (χ2n) is 4.57. The molecule has 0 saturated heterocycles. The topological polar surface area (TPSA) is 0 Å². The maximum absolute atomic E-state index is 13.7. The van der Waals surface area contributed by atoms with E-state index in [2.05, 4.69) is 0 Å². The van der Waals surface area contributed by atoms with Gasteiger partial charge >= 0.3 is 0 Å². The van der Waals surface area contributed by atoms with Crippen LogP contribution in [0, 0.1) is 11.6 Å². The maximum Gasteiger partial charge on any atom is 0.162 e. The fourth-order valence-corrected chi connectivity index (χ4v) is 3.69. The Morgan fingerprint density at radius 1 is 1.05 bits per heavy atom. The molecule has 0 radical (unpaired) electrons. The zero-order chi connectivity index (χ0) is 14.1. The molecule has 1 unspecified atom stereocenters. The van der Waals surface area contributed by atoms with Crippen LogP contribution in [0.5, 0.6) is 0 Å². The SMILES string of the molecule is Fc1cccc(CC(Cl)c2csc3ccccc23)c1F. The summed E-state index contributed by atoms with van der Waals surface area (Å²) >= 11 is 8.01. The third-order valence-electron chi connectivity index (χ3n) is 3.28. The smallest absolute Gasteiger partial charge is 0.162 e. The van der Waals surface area contributed by atoms with E-state index in [1.54, 1.807) is 17.4 Å². The zero-order valence-electron chi connectivity index (χ0n) is 10.4. The number of benzene rings is 2. The summed E-state index contributed by atoms with van der Waals surface area (Å²) in [4.78, 5) is 0. The minimum Gasteiger partial charge on any atom is -0.204 e. The van der Waals surface area contributed by atoms with Crippen molar-refractivity contribution in [1.82, 2.24) is 0 Å². The predicted octanol–water partition coefficient (Wildman–Crippen LogP) is 5.70. The minimum atomic E-state index is -0.832. The summed E-state index contributed by atoms with van der Waals surface area (Å²) in [5.74, 6) is -1.64. The van der Waals surface area contributed by atoms with Crippen LogP contribution in [-0.2, 0) is 6.42 Å². The van der Waals surface area contributed by atoms with Crippen molar-refractivity contribution in [3.8, 4) is 0 Å². The number of hydrogen-bond donors (Lipinski definition) is 0. The first-order chi connectivity index (χ1) is 9.66. The number of rotatable bonds is 3. The Labute approximate surface area is 124 Å². The van der Waals surface area contributed by atoms with Gasteiger partial charge in [0.05, 0.1) is 5.38 Å². The molecule has 0 aliphatic heterocycles. The molecule has 3 rings (SSSR count). The quantitative estimate of drug-likeness (QED) is 0.544. The molecular formula is C16H11ClF2S. The Morgan fingerprint density at radius 3 is 2.70 bits per heavy atom. The van der Waals surface area contributed by atoms with Crippen LogP contribution in [-0.4, -0.2) is 0 Å². The third kappa shape index (κ3) is 2.43. The number of fused-ring (bicyclic) bond motifs is 1. The van der Waals surface area contributed by atoms with Crippen molar-refractivity contribution in [3.05, 3.63) is 70.6 Å². The lowest BCUT2D eigenvalue weighted by molar-refractivity contribution is 0.498.